The van der Waals surface area contributed by atoms with Gasteiger partial charge >= 0.3 is 0 Å². The van der Waals surface area contributed by atoms with E-state index in [0.717, 1.165) is 0 Å². The summed E-state index contributed by atoms with van der Waals surface area (Å²) in [4.78, 5) is 11.8. The van der Waals surface area contributed by atoms with Crippen LogP contribution in [-0.2, 0) is 0 Å². The van der Waals surface area contributed by atoms with Gasteiger partial charge in [0.2, 0.25) is 0 Å². The molecule has 3 N–H and O–H groups in total. The lowest BCUT2D eigenvalue weighted by atomic mass is 10.1. The van der Waals surface area contributed by atoms with Gasteiger partial charge in [-0.3, -0.25) is 4.79 Å². The summed E-state index contributed by atoms with van der Waals surface area (Å²) >= 11 is 0. The number of benzene rings is 2. The number of aromatic hydroxyl groups is 3. The van der Waals surface area contributed by atoms with Crippen molar-refractivity contribution in [3.63, 3.8) is 0 Å². The number of para-hydroxylation sites is 1. The summed E-state index contributed by atoms with van der Waals surface area (Å²) in [7, 11) is 0. The van der Waals surface area contributed by atoms with Crippen molar-refractivity contribution >= 4 is 11.9 Å². The van der Waals surface area contributed by atoms with Crippen LogP contribution in [-0.4, -0.2) is 21.1 Å². The molecule has 0 atom stereocenters. The number of carbonyl (C=O) groups is 1. The van der Waals surface area contributed by atoms with Crippen LogP contribution in [0.5, 0.6) is 17.2 Å². The molecule has 0 spiro atoms. The summed E-state index contributed by atoms with van der Waals surface area (Å²) < 4.78 is 0. The Morgan fingerprint density at radius 2 is 1.68 bits per heavy atom. The molecule has 2 aromatic rings. The fourth-order valence-corrected chi connectivity index (χ4v) is 1.61. The van der Waals surface area contributed by atoms with E-state index in [1.54, 1.807) is 12.1 Å². The minimum absolute atomic E-state index is 0.0540. The van der Waals surface area contributed by atoms with Crippen molar-refractivity contribution in [2.75, 3.05) is 0 Å². The van der Waals surface area contributed by atoms with E-state index in [2.05, 4.69) is 0 Å². The number of hydrogen-bond donors (Lipinski definition) is 3. The van der Waals surface area contributed by atoms with Crippen LogP contribution in [0.2, 0.25) is 0 Å². The fourth-order valence-electron chi connectivity index (χ4n) is 1.61. The summed E-state index contributed by atoms with van der Waals surface area (Å²) in [5.74, 6) is -0.638. The van der Waals surface area contributed by atoms with Crippen LogP contribution in [0.15, 0.2) is 48.5 Å². The van der Waals surface area contributed by atoms with Gasteiger partial charge in [0.1, 0.15) is 17.2 Å². The predicted octanol–water partition coefficient (Wildman–Crippen LogP) is 2.70. The highest BCUT2D eigenvalue weighted by Gasteiger charge is 2.07. The van der Waals surface area contributed by atoms with Gasteiger partial charge in [-0.15, -0.1) is 0 Å². The van der Waals surface area contributed by atoms with Crippen molar-refractivity contribution in [2.24, 2.45) is 0 Å². The Kier molecular flexibility index (Phi) is 3.52. The van der Waals surface area contributed by atoms with E-state index >= 15 is 0 Å². The molecule has 0 amide bonds. The normalized spacial score (nSPS) is 10.7. The molecular weight excluding hydrogens is 244 g/mol. The van der Waals surface area contributed by atoms with Gasteiger partial charge in [-0.1, -0.05) is 12.1 Å². The first-order chi connectivity index (χ1) is 9.08. The van der Waals surface area contributed by atoms with Crippen LogP contribution >= 0.6 is 0 Å². The average molecular weight is 256 g/mol. The average Bonchev–Trinajstić information content (AvgIpc) is 2.38. The summed E-state index contributed by atoms with van der Waals surface area (Å²) in [6.07, 6.45) is 2.67. The van der Waals surface area contributed by atoms with E-state index in [1.165, 1.54) is 42.5 Å². The van der Waals surface area contributed by atoms with E-state index < -0.39 is 0 Å². The molecular formula is C15H12O4. The van der Waals surface area contributed by atoms with Crippen LogP contribution in [0.4, 0.5) is 0 Å². The first-order valence-corrected chi connectivity index (χ1v) is 5.60. The Hall–Kier alpha value is -2.75. The molecule has 0 saturated heterocycles. The fraction of sp³-hybridized carbons (Fsp3) is 0. The molecule has 2 aromatic carbocycles. The molecule has 0 radical (unpaired) electrons. The Balaban J connectivity index is 2.24. The van der Waals surface area contributed by atoms with Crippen LogP contribution < -0.4 is 0 Å². The number of hydrogen-bond acceptors (Lipinski definition) is 4. The van der Waals surface area contributed by atoms with Crippen molar-refractivity contribution in [3.05, 3.63) is 59.7 Å². The summed E-state index contributed by atoms with van der Waals surface area (Å²) in [5, 5.41) is 28.2. The third-order valence-electron chi connectivity index (χ3n) is 2.60. The van der Waals surface area contributed by atoms with Gasteiger partial charge in [-0.05, 0) is 36.4 Å². The van der Waals surface area contributed by atoms with Gasteiger partial charge in [0.25, 0.3) is 0 Å². The van der Waals surface area contributed by atoms with E-state index in [-0.39, 0.29) is 28.6 Å². The summed E-state index contributed by atoms with van der Waals surface area (Å²) in [5.41, 5.74) is 0.596. The highest BCUT2D eigenvalue weighted by atomic mass is 16.3. The van der Waals surface area contributed by atoms with Crippen LogP contribution in [0.1, 0.15) is 15.9 Å². The molecule has 0 bridgehead atoms. The lowest BCUT2D eigenvalue weighted by Gasteiger charge is -2.01. The maximum atomic E-state index is 11.8. The molecule has 0 aromatic heterocycles. The third kappa shape index (κ3) is 2.93. The zero-order valence-corrected chi connectivity index (χ0v) is 9.95. The molecule has 0 aliphatic heterocycles. The minimum atomic E-state index is -0.370. The second-order valence-electron chi connectivity index (χ2n) is 3.96. The van der Waals surface area contributed by atoms with Crippen molar-refractivity contribution in [3.8, 4) is 17.2 Å². The maximum absolute atomic E-state index is 11.8. The molecule has 2 rings (SSSR count). The Bertz CT molecular complexity index is 644. The first-order valence-electron chi connectivity index (χ1n) is 5.60. The SMILES string of the molecule is O=C(/C=C/c1ccc(O)cc1O)c1ccccc1O. The lowest BCUT2D eigenvalue weighted by molar-refractivity contribution is 0.104. The monoisotopic (exact) mass is 256 g/mol. The van der Waals surface area contributed by atoms with Gasteiger partial charge in [0.05, 0.1) is 5.56 Å². The van der Waals surface area contributed by atoms with Gasteiger partial charge in [-0.2, -0.15) is 0 Å². The van der Waals surface area contributed by atoms with Crippen LogP contribution in [0.25, 0.3) is 6.08 Å². The van der Waals surface area contributed by atoms with Crippen molar-refractivity contribution < 1.29 is 20.1 Å². The van der Waals surface area contributed by atoms with E-state index in [1.807, 2.05) is 0 Å². The number of phenols is 3. The quantitative estimate of drug-likeness (QED) is 0.583. The summed E-state index contributed by atoms with van der Waals surface area (Å²) in [6.45, 7) is 0. The molecule has 0 aliphatic rings. The second kappa shape index (κ2) is 5.27. The van der Waals surface area contributed by atoms with E-state index in [4.69, 9.17) is 5.11 Å². The number of phenolic OH excluding ortho intramolecular Hbond substituents is 3. The molecule has 0 aliphatic carbocycles. The number of rotatable bonds is 3. The third-order valence-corrected chi connectivity index (χ3v) is 2.60. The molecule has 4 heteroatoms. The molecule has 0 unspecified atom stereocenters. The Morgan fingerprint density at radius 1 is 0.947 bits per heavy atom. The molecule has 96 valence electrons. The number of allylic oxidation sites excluding steroid dienone is 1. The lowest BCUT2D eigenvalue weighted by Crippen LogP contribution is -1.94. The van der Waals surface area contributed by atoms with Gasteiger partial charge in [-0.25, -0.2) is 0 Å². The number of ketones is 1. The molecule has 0 saturated carbocycles. The molecule has 4 nitrogen and oxygen atoms in total. The second-order valence-corrected chi connectivity index (χ2v) is 3.96. The van der Waals surface area contributed by atoms with E-state index in [9.17, 15) is 15.0 Å². The van der Waals surface area contributed by atoms with E-state index in [0.29, 0.717) is 5.56 Å². The first kappa shape index (κ1) is 12.7. The highest BCUT2D eigenvalue weighted by molar-refractivity contribution is 6.08. The largest absolute Gasteiger partial charge is 0.508 e. The zero-order chi connectivity index (χ0) is 13.8. The Labute approximate surface area is 109 Å². The minimum Gasteiger partial charge on any atom is -0.508 e. The molecule has 0 heterocycles. The summed E-state index contributed by atoms with van der Waals surface area (Å²) in [6, 6.07) is 10.3. The molecule has 19 heavy (non-hydrogen) atoms. The smallest absolute Gasteiger partial charge is 0.189 e. The van der Waals surface area contributed by atoms with Gasteiger partial charge in [0, 0.05) is 11.6 Å². The van der Waals surface area contributed by atoms with Crippen LogP contribution in [0.3, 0.4) is 0 Å². The maximum Gasteiger partial charge on any atom is 0.189 e. The standard InChI is InChI=1S/C15H12O4/c16-11-7-5-10(15(19)9-11)6-8-14(18)12-3-1-2-4-13(12)17/h1-9,16-17,19H/b8-6+. The Morgan fingerprint density at radius 3 is 2.37 bits per heavy atom. The highest BCUT2D eigenvalue weighted by Crippen LogP contribution is 2.24. The van der Waals surface area contributed by atoms with Gasteiger partial charge < -0.3 is 15.3 Å². The van der Waals surface area contributed by atoms with Crippen molar-refractivity contribution in [1.82, 2.24) is 0 Å². The topological polar surface area (TPSA) is 77.8 Å². The van der Waals surface area contributed by atoms with Crippen molar-refractivity contribution in [1.29, 1.82) is 0 Å². The van der Waals surface area contributed by atoms with Crippen LogP contribution in [0, 0.1) is 0 Å². The molecule has 0 fully saturated rings. The predicted molar refractivity (Wildman–Crippen MR) is 71.2 cm³/mol. The number of carbonyl (C=O) groups excluding carboxylic acids is 1. The van der Waals surface area contributed by atoms with Crippen molar-refractivity contribution in [2.45, 2.75) is 0 Å². The zero-order valence-electron chi connectivity index (χ0n) is 9.95. The van der Waals surface area contributed by atoms with Gasteiger partial charge in [0.15, 0.2) is 5.78 Å².